The van der Waals surface area contributed by atoms with Gasteiger partial charge in [-0.15, -0.1) is 0 Å². The minimum atomic E-state index is -0.263. The third-order valence-corrected chi connectivity index (χ3v) is 36.0. The molecule has 18 aliphatic rings. The summed E-state index contributed by atoms with van der Waals surface area (Å²) in [6, 6.07) is 1.13. The zero-order chi connectivity index (χ0) is 81.3. The number of carbonyl (C=O) groups is 6. The second-order valence-corrected chi connectivity index (χ2v) is 42.1. The van der Waals surface area contributed by atoms with Gasteiger partial charge < -0.3 is 51.0 Å². The number of aliphatic hydroxyl groups is 2. The first-order valence-electron chi connectivity index (χ1n) is 46.9. The molecule has 0 radical (unpaired) electrons. The van der Waals surface area contributed by atoms with Crippen LogP contribution in [0, 0.1) is 105 Å². The van der Waals surface area contributed by atoms with Crippen molar-refractivity contribution in [3.63, 3.8) is 0 Å². The molecule has 0 aromatic heterocycles. The summed E-state index contributed by atoms with van der Waals surface area (Å²) in [5.74, 6) is 8.48. The fraction of sp³-hybridized carbons (Fsp3) is 0.814. The molecule has 6 heterocycles. The summed E-state index contributed by atoms with van der Waals surface area (Å²) >= 11 is 0. The van der Waals surface area contributed by atoms with E-state index in [-0.39, 0.29) is 106 Å². The SMILES string of the molecule is CC1=C2C(=O)[C@H]3[C@@H](CC=C4C[C@@H](O)CC[C@@]43C)[C@@H]2CC[C@]12O[C@@H]1C[C@H](C)CN[C@H]1[C@H]2C.CCCC(=O)NCC(=O)NCCN1C[C@@H](C)C[C@H]2O[C@]3(CC[C@@H]4C(=C3C)C[C@H]3[C@H]4CC=C4C[C@@H](O)CC[C@@]43C)[C@H](C)[C@@H]21.CCCC(=O)NCC(=O)NCCN1C[C@@H](C)C[C@H]2O[C@]3(CC[C@@H]4C(=C3C)C[C@H]3[C@H]4CCC4=CC(=O)CC[C@@]43C)[C@H](C)[C@@H]21. The highest BCUT2D eigenvalue weighted by atomic mass is 16.5. The Morgan fingerprint density at radius 2 is 0.991 bits per heavy atom. The van der Waals surface area contributed by atoms with E-state index in [4.69, 9.17) is 14.2 Å². The van der Waals surface area contributed by atoms with Crippen molar-refractivity contribution in [2.24, 2.45) is 105 Å². The second-order valence-electron chi connectivity index (χ2n) is 42.1. The summed E-state index contributed by atoms with van der Waals surface area (Å²) < 4.78 is 21.4. The second kappa shape index (κ2) is 32.6. The number of hydrogen-bond acceptors (Lipinski definition) is 14. The molecule has 18 nitrogen and oxygen atoms in total. The molecule has 115 heavy (non-hydrogen) atoms. The minimum absolute atomic E-state index is 0.0481. The molecule has 636 valence electrons. The van der Waals surface area contributed by atoms with Crippen molar-refractivity contribution < 1.29 is 53.2 Å². The van der Waals surface area contributed by atoms with Gasteiger partial charge in [0.2, 0.25) is 23.6 Å². The molecule has 3 spiro atoms. The molecular formula is C97H147N7O11. The van der Waals surface area contributed by atoms with E-state index in [0.717, 1.165) is 166 Å². The van der Waals surface area contributed by atoms with Crippen molar-refractivity contribution >= 4 is 35.2 Å². The number of nitrogens with one attached hydrogen (secondary N) is 5. The average molecular weight is 1590 g/mol. The predicted octanol–water partition coefficient (Wildman–Crippen LogP) is 13.9. The lowest BCUT2D eigenvalue weighted by molar-refractivity contribution is -0.126. The van der Waals surface area contributed by atoms with Gasteiger partial charge in [-0.1, -0.05) is 116 Å². The lowest BCUT2D eigenvalue weighted by Crippen LogP contribution is -2.54. The number of allylic oxidation sites excluding steroid dienone is 7. The van der Waals surface area contributed by atoms with Crippen LogP contribution in [0.2, 0.25) is 0 Å². The molecule has 0 aromatic carbocycles. The quantitative estimate of drug-likeness (QED) is 0.0802. The van der Waals surface area contributed by atoms with Gasteiger partial charge in [-0.05, 0) is 286 Å². The predicted molar refractivity (Wildman–Crippen MR) is 448 cm³/mol. The van der Waals surface area contributed by atoms with Crippen LogP contribution in [0.4, 0.5) is 0 Å². The van der Waals surface area contributed by atoms with Crippen molar-refractivity contribution in [2.45, 2.75) is 336 Å². The molecular weight excluding hydrogens is 1440 g/mol. The summed E-state index contributed by atoms with van der Waals surface area (Å²) in [5.41, 5.74) is 12.9. The van der Waals surface area contributed by atoms with Crippen LogP contribution in [-0.2, 0) is 43.0 Å². The zero-order valence-electron chi connectivity index (χ0n) is 72.9. The molecule has 6 saturated heterocycles. The van der Waals surface area contributed by atoms with E-state index in [0.29, 0.717) is 133 Å². The highest BCUT2D eigenvalue weighted by molar-refractivity contribution is 6.02. The van der Waals surface area contributed by atoms with Crippen LogP contribution in [0.1, 0.15) is 270 Å². The number of fused-ring (bicyclic) bond motifs is 18. The summed E-state index contributed by atoms with van der Waals surface area (Å²) in [7, 11) is 0. The van der Waals surface area contributed by atoms with Crippen LogP contribution in [0.3, 0.4) is 0 Å². The number of hydrogen-bond donors (Lipinski definition) is 7. The molecule has 6 aliphatic heterocycles. The number of Topliss-reactive ketones (excluding diaryl/α,β-unsaturated/α-hetero) is 1. The normalized spacial score (nSPS) is 45.1. The van der Waals surface area contributed by atoms with Gasteiger partial charge in [0.15, 0.2) is 11.6 Å². The Bertz CT molecular complexity index is 3970. The number of nitrogens with zero attached hydrogens (tertiary/aromatic N) is 2. The summed E-state index contributed by atoms with van der Waals surface area (Å²) in [6.07, 6.45) is 34.0. The van der Waals surface area contributed by atoms with Gasteiger partial charge in [0.05, 0.1) is 60.4 Å². The number of rotatable bonds is 14. The largest absolute Gasteiger partial charge is 0.393 e. The van der Waals surface area contributed by atoms with Gasteiger partial charge in [-0.2, -0.15) is 0 Å². The number of amides is 4. The Kier molecular flexibility index (Phi) is 23.8. The number of piperidine rings is 3. The molecule has 4 amide bonds. The molecule has 18 heteroatoms. The first kappa shape index (κ1) is 84.0. The summed E-state index contributed by atoms with van der Waals surface area (Å²) in [4.78, 5) is 79.8. The van der Waals surface area contributed by atoms with Crippen LogP contribution in [0.25, 0.3) is 0 Å². The third-order valence-electron chi connectivity index (χ3n) is 36.0. The molecule has 12 aliphatic carbocycles. The van der Waals surface area contributed by atoms with E-state index in [1.807, 2.05) is 19.9 Å². The van der Waals surface area contributed by atoms with Crippen LogP contribution >= 0.6 is 0 Å². The van der Waals surface area contributed by atoms with Gasteiger partial charge in [0.25, 0.3) is 0 Å². The van der Waals surface area contributed by atoms with E-state index < -0.39 is 0 Å². The molecule has 0 unspecified atom stereocenters. The van der Waals surface area contributed by atoms with Crippen molar-refractivity contribution in [1.29, 1.82) is 0 Å². The van der Waals surface area contributed by atoms with Crippen LogP contribution in [-0.4, -0.2) is 180 Å². The topological polar surface area (TPSA) is 237 Å². The number of ether oxygens (including phenoxy) is 3. The molecule has 12 fully saturated rings. The highest BCUT2D eigenvalue weighted by Crippen LogP contribution is 2.69. The van der Waals surface area contributed by atoms with Gasteiger partial charge in [-0.25, -0.2) is 0 Å². The molecule has 18 rings (SSSR count). The van der Waals surface area contributed by atoms with Crippen LogP contribution in [0.5, 0.6) is 0 Å². The zero-order valence-corrected chi connectivity index (χ0v) is 72.9. The monoisotopic (exact) mass is 1590 g/mol. The van der Waals surface area contributed by atoms with Crippen molar-refractivity contribution in [3.05, 3.63) is 68.4 Å². The Balaban J connectivity index is 0.000000131. The number of aliphatic hydroxyl groups excluding tert-OH is 2. The molecule has 0 aromatic rings. The molecule has 29 atom stereocenters. The lowest BCUT2D eigenvalue weighted by atomic mass is 9.56. The summed E-state index contributed by atoms with van der Waals surface area (Å²) in [6.45, 7) is 38.5. The van der Waals surface area contributed by atoms with Gasteiger partial charge in [0.1, 0.15) is 0 Å². The molecule has 6 saturated carbocycles. The standard InChI is InChI=1S/C35H55N3O4.C35H53N3O4.C27H39NO3/c2*1-6-7-31(40)37-19-32(41)36-14-15-38-20-21(2)16-30-33(38)23(4)35(42-30)13-11-26-27-9-8-24-17-25(39)10-12-34(24,5)29(27)18-28(26)22(35)3;1-14-11-21-24(28-13-14)16(3)27(31-21)10-8-19-20-6-5-17-12-18(29)7-9-26(17,4)23(20)25(30)22(19)15(27)2/h8,21,23,25-27,29-30,33,39H,6-7,9-20H2,1-5H3,(H,36,41)(H,37,40);17,21,23,26-27,29-30,33H,6-16,18-20H2,1-5H3,(H,36,41)(H,37,40);5,14,16,18-21,23-24,28-29H,6-13H2,1-4H3/t21-,23+,25-,26-,27-,29-,30+,33-,34-,35-;21-,23+,26-,27-,29-,30+,33-,34-,35-;14-,16+,18-,19-,20-,21+,23+,24-,26-,27-/m000/s1. The fourth-order valence-electron chi connectivity index (χ4n) is 30.1. The Morgan fingerprint density at radius 3 is 1.55 bits per heavy atom. The smallest absolute Gasteiger partial charge is 0.239 e. The summed E-state index contributed by atoms with van der Waals surface area (Å²) in [5, 5.41) is 35.9. The van der Waals surface area contributed by atoms with E-state index in [2.05, 4.69) is 132 Å². The average Bonchev–Trinajstić information content (AvgIpc) is 1.55. The Morgan fingerprint density at radius 1 is 0.513 bits per heavy atom. The van der Waals surface area contributed by atoms with Crippen molar-refractivity contribution in [3.8, 4) is 0 Å². The van der Waals surface area contributed by atoms with Gasteiger partial charge >= 0.3 is 0 Å². The maximum absolute atomic E-state index is 14.1. The van der Waals surface area contributed by atoms with E-state index in [1.165, 1.54) is 66.4 Å². The fourth-order valence-corrected chi connectivity index (χ4v) is 30.1. The van der Waals surface area contributed by atoms with E-state index in [1.54, 1.807) is 16.7 Å². The maximum Gasteiger partial charge on any atom is 0.239 e. The lowest BCUT2D eigenvalue weighted by Gasteiger charge is -2.49. The Labute approximate surface area is 689 Å². The highest BCUT2D eigenvalue weighted by Gasteiger charge is 2.67. The maximum atomic E-state index is 14.1. The molecule has 0 bridgehead atoms. The first-order valence-corrected chi connectivity index (χ1v) is 46.9. The van der Waals surface area contributed by atoms with Crippen molar-refractivity contribution in [1.82, 2.24) is 36.4 Å². The minimum Gasteiger partial charge on any atom is -0.393 e. The van der Waals surface area contributed by atoms with Gasteiger partial charge in [-0.3, -0.25) is 38.6 Å². The number of likely N-dealkylation sites (tertiary alicyclic amines) is 2. The van der Waals surface area contributed by atoms with Crippen molar-refractivity contribution in [2.75, 3.05) is 58.9 Å². The van der Waals surface area contributed by atoms with E-state index >= 15 is 0 Å². The third kappa shape index (κ3) is 14.5. The van der Waals surface area contributed by atoms with Crippen LogP contribution < -0.4 is 26.6 Å². The van der Waals surface area contributed by atoms with Crippen LogP contribution in [0.15, 0.2) is 68.4 Å². The number of ketones is 2. The van der Waals surface area contributed by atoms with E-state index in [9.17, 15) is 39.0 Å². The van der Waals surface area contributed by atoms with Gasteiger partial charge in [0, 0.05) is 106 Å². The first-order chi connectivity index (χ1) is 54.9. The molecule has 7 N–H and O–H groups in total. The number of carbonyl (C=O) groups excluding carboxylic acids is 6. The Hall–Kier alpha value is -4.66.